The van der Waals surface area contributed by atoms with Gasteiger partial charge in [0, 0.05) is 17.8 Å². The maximum absolute atomic E-state index is 12.4. The lowest BCUT2D eigenvalue weighted by atomic mass is 10.2. The Morgan fingerprint density at radius 1 is 1.33 bits per heavy atom. The van der Waals surface area contributed by atoms with Gasteiger partial charge in [-0.1, -0.05) is 24.3 Å². The van der Waals surface area contributed by atoms with Gasteiger partial charge in [-0.2, -0.15) is 0 Å². The Balaban J connectivity index is 2.34. The fourth-order valence-electron chi connectivity index (χ4n) is 1.76. The summed E-state index contributed by atoms with van der Waals surface area (Å²) in [5.74, 6) is 0.226. The van der Waals surface area contributed by atoms with Crippen LogP contribution in [-0.4, -0.2) is 12.5 Å². The number of anilines is 1. The van der Waals surface area contributed by atoms with Crippen molar-refractivity contribution in [2.24, 2.45) is 0 Å². The van der Waals surface area contributed by atoms with E-state index in [4.69, 9.17) is 4.42 Å². The van der Waals surface area contributed by atoms with Crippen molar-refractivity contribution in [3.63, 3.8) is 0 Å². The highest BCUT2D eigenvalue weighted by atomic mass is 16.3. The van der Waals surface area contributed by atoms with Crippen LogP contribution in [0.15, 0.2) is 59.7 Å². The first-order valence-corrected chi connectivity index (χ1v) is 5.76. The number of rotatable bonds is 4. The first kappa shape index (κ1) is 12.2. The Morgan fingerprint density at radius 2 is 2.06 bits per heavy atom. The smallest absolute Gasteiger partial charge is 0.294 e. The number of benzene rings is 1. The summed E-state index contributed by atoms with van der Waals surface area (Å²) in [5.41, 5.74) is 1.67. The topological polar surface area (TPSA) is 33.5 Å². The van der Waals surface area contributed by atoms with Crippen molar-refractivity contribution in [2.45, 2.75) is 6.92 Å². The van der Waals surface area contributed by atoms with Crippen molar-refractivity contribution in [1.29, 1.82) is 0 Å². The number of hydrogen-bond donors (Lipinski definition) is 0. The van der Waals surface area contributed by atoms with Gasteiger partial charge in [-0.25, -0.2) is 0 Å². The molecule has 0 N–H and O–H groups in total. The minimum atomic E-state index is -0.149. The third-order valence-electron chi connectivity index (χ3n) is 2.68. The lowest BCUT2D eigenvalue weighted by Crippen LogP contribution is -2.31. The van der Waals surface area contributed by atoms with E-state index in [1.54, 1.807) is 17.0 Å². The molecule has 2 rings (SSSR count). The minimum absolute atomic E-state index is 0.149. The maximum Gasteiger partial charge on any atom is 0.294 e. The van der Waals surface area contributed by atoms with Gasteiger partial charge in [-0.15, -0.1) is 6.58 Å². The molecule has 0 unspecified atom stereocenters. The highest BCUT2D eigenvalue weighted by Crippen LogP contribution is 2.19. The molecule has 1 aromatic carbocycles. The van der Waals surface area contributed by atoms with E-state index >= 15 is 0 Å². The highest BCUT2D eigenvalue weighted by Gasteiger charge is 2.20. The molecule has 1 heterocycles. The highest BCUT2D eigenvalue weighted by molar-refractivity contribution is 6.05. The molecule has 1 aromatic heterocycles. The zero-order valence-corrected chi connectivity index (χ0v) is 10.3. The van der Waals surface area contributed by atoms with Crippen LogP contribution < -0.4 is 4.90 Å². The number of carbonyl (C=O) groups is 1. The van der Waals surface area contributed by atoms with E-state index in [0.29, 0.717) is 12.3 Å². The molecule has 0 spiro atoms. The molecule has 2 aromatic rings. The van der Waals surface area contributed by atoms with E-state index in [1.165, 1.54) is 6.26 Å². The molecule has 18 heavy (non-hydrogen) atoms. The number of amides is 1. The third kappa shape index (κ3) is 2.35. The van der Waals surface area contributed by atoms with Gasteiger partial charge in [-0.3, -0.25) is 4.79 Å². The quantitative estimate of drug-likeness (QED) is 0.768. The first-order chi connectivity index (χ1) is 8.74. The van der Waals surface area contributed by atoms with E-state index in [-0.39, 0.29) is 5.91 Å². The molecule has 0 radical (unpaired) electrons. The van der Waals surface area contributed by atoms with Crippen LogP contribution in [0, 0.1) is 6.92 Å². The molecule has 0 bridgehead atoms. The molecular weight excluding hydrogens is 226 g/mol. The van der Waals surface area contributed by atoms with Crippen molar-refractivity contribution in [1.82, 2.24) is 0 Å². The van der Waals surface area contributed by atoms with Gasteiger partial charge < -0.3 is 9.32 Å². The molecular formula is C15H15NO2. The Bertz CT molecular complexity index is 543. The third-order valence-corrected chi connectivity index (χ3v) is 2.68. The van der Waals surface area contributed by atoms with Crippen LogP contribution in [0.2, 0.25) is 0 Å². The van der Waals surface area contributed by atoms with Gasteiger partial charge in [-0.05, 0) is 25.1 Å². The van der Waals surface area contributed by atoms with Gasteiger partial charge in [0.1, 0.15) is 0 Å². The number of para-hydroxylation sites is 1. The van der Waals surface area contributed by atoms with Crippen LogP contribution >= 0.6 is 0 Å². The molecule has 0 atom stereocenters. The summed E-state index contributed by atoms with van der Waals surface area (Å²) in [5, 5.41) is 0. The predicted molar refractivity (Wildman–Crippen MR) is 71.8 cm³/mol. The molecule has 0 saturated carbocycles. The standard InChI is InChI=1S/C15H15NO2/c1-3-10-16(13-7-5-4-6-8-13)15(17)14-12(2)9-11-18-14/h3-9,11H,1,10H2,2H3. The first-order valence-electron chi connectivity index (χ1n) is 5.76. The second kappa shape index (κ2) is 5.36. The average Bonchev–Trinajstić information content (AvgIpc) is 2.82. The number of nitrogens with zero attached hydrogens (tertiary/aromatic N) is 1. The van der Waals surface area contributed by atoms with E-state index in [2.05, 4.69) is 6.58 Å². The molecule has 0 saturated heterocycles. The van der Waals surface area contributed by atoms with Gasteiger partial charge >= 0.3 is 0 Å². The van der Waals surface area contributed by atoms with Crippen LogP contribution in [0.4, 0.5) is 5.69 Å². The Labute approximate surface area is 106 Å². The summed E-state index contributed by atoms with van der Waals surface area (Å²) in [4.78, 5) is 14.0. The van der Waals surface area contributed by atoms with Crippen molar-refractivity contribution >= 4 is 11.6 Å². The van der Waals surface area contributed by atoms with E-state index in [1.807, 2.05) is 37.3 Å². The van der Waals surface area contributed by atoms with E-state index in [9.17, 15) is 4.79 Å². The number of carbonyl (C=O) groups excluding carboxylic acids is 1. The zero-order valence-electron chi connectivity index (χ0n) is 10.3. The molecule has 92 valence electrons. The van der Waals surface area contributed by atoms with Crippen molar-refractivity contribution in [3.8, 4) is 0 Å². The van der Waals surface area contributed by atoms with Gasteiger partial charge in [0.05, 0.1) is 6.26 Å². The monoisotopic (exact) mass is 241 g/mol. The fourth-order valence-corrected chi connectivity index (χ4v) is 1.76. The van der Waals surface area contributed by atoms with Crippen LogP contribution in [0.1, 0.15) is 16.1 Å². The predicted octanol–water partition coefficient (Wildman–Crippen LogP) is 3.42. The number of aryl methyl sites for hydroxylation is 1. The van der Waals surface area contributed by atoms with Crippen molar-refractivity contribution in [3.05, 3.63) is 66.6 Å². The summed E-state index contributed by atoms with van der Waals surface area (Å²) in [7, 11) is 0. The second-order valence-electron chi connectivity index (χ2n) is 3.97. The lowest BCUT2D eigenvalue weighted by Gasteiger charge is -2.20. The average molecular weight is 241 g/mol. The molecule has 3 nitrogen and oxygen atoms in total. The van der Waals surface area contributed by atoms with Crippen LogP contribution in [-0.2, 0) is 0 Å². The van der Waals surface area contributed by atoms with Crippen LogP contribution in [0.3, 0.4) is 0 Å². The van der Waals surface area contributed by atoms with Gasteiger partial charge in [0.2, 0.25) is 0 Å². The minimum Gasteiger partial charge on any atom is -0.459 e. The Hall–Kier alpha value is -2.29. The SMILES string of the molecule is C=CCN(C(=O)c1occc1C)c1ccccc1. The molecule has 0 aliphatic heterocycles. The summed E-state index contributed by atoms with van der Waals surface area (Å²) in [6.45, 7) is 5.99. The molecule has 3 heteroatoms. The summed E-state index contributed by atoms with van der Waals surface area (Å²) >= 11 is 0. The van der Waals surface area contributed by atoms with Crippen molar-refractivity contribution in [2.75, 3.05) is 11.4 Å². The summed E-state index contributed by atoms with van der Waals surface area (Å²) < 4.78 is 5.25. The summed E-state index contributed by atoms with van der Waals surface area (Å²) in [6, 6.07) is 11.3. The molecule has 0 fully saturated rings. The normalized spacial score (nSPS) is 10.1. The molecule has 0 aliphatic rings. The molecule has 0 aliphatic carbocycles. The van der Waals surface area contributed by atoms with Crippen molar-refractivity contribution < 1.29 is 9.21 Å². The maximum atomic E-state index is 12.4. The Kier molecular flexibility index (Phi) is 3.63. The van der Waals surface area contributed by atoms with E-state index < -0.39 is 0 Å². The lowest BCUT2D eigenvalue weighted by molar-refractivity contribution is 0.0962. The van der Waals surface area contributed by atoms with E-state index in [0.717, 1.165) is 11.3 Å². The second-order valence-corrected chi connectivity index (χ2v) is 3.97. The molecule has 1 amide bonds. The number of furan rings is 1. The number of hydrogen-bond acceptors (Lipinski definition) is 2. The van der Waals surface area contributed by atoms with Crippen LogP contribution in [0.25, 0.3) is 0 Å². The van der Waals surface area contributed by atoms with Gasteiger partial charge in [0.15, 0.2) is 5.76 Å². The fraction of sp³-hybridized carbons (Fsp3) is 0.133. The zero-order chi connectivity index (χ0) is 13.0. The summed E-state index contributed by atoms with van der Waals surface area (Å²) in [6.07, 6.45) is 3.23. The van der Waals surface area contributed by atoms with Crippen LogP contribution in [0.5, 0.6) is 0 Å². The Morgan fingerprint density at radius 3 is 2.61 bits per heavy atom. The van der Waals surface area contributed by atoms with Gasteiger partial charge in [0.25, 0.3) is 5.91 Å². The largest absolute Gasteiger partial charge is 0.459 e.